The van der Waals surface area contributed by atoms with E-state index in [1.807, 2.05) is 12.3 Å². The van der Waals surface area contributed by atoms with Gasteiger partial charge in [0.2, 0.25) is 0 Å². The van der Waals surface area contributed by atoms with E-state index in [0.717, 1.165) is 90.4 Å². The number of fused-ring (bicyclic) bond motifs is 4. The summed E-state index contributed by atoms with van der Waals surface area (Å²) in [5.41, 5.74) is 17.0. The van der Waals surface area contributed by atoms with Gasteiger partial charge < -0.3 is 4.74 Å². The maximum Gasteiger partial charge on any atom is 0.269 e. The third kappa shape index (κ3) is 9.01. The molecule has 3 aromatic heterocycles. The molecule has 5 heteroatoms. The SMILES string of the molecule is CC(C)(C)Cc1ccnc(-n2c3ccccc3c3ccc(Oc4cccc(-n5[c-][n+](-c6c(-c7ccccc7)cccc6-c6cc(C(C)(C)C)cc(C(C)(C)C)c6)c6cc(-c7ccccc7)ccc65)c4)cc32)c1. The molecule has 0 saturated carbocycles. The lowest BCUT2D eigenvalue weighted by molar-refractivity contribution is -0.571. The van der Waals surface area contributed by atoms with E-state index in [0.29, 0.717) is 0 Å². The molecule has 5 nitrogen and oxygen atoms in total. The summed E-state index contributed by atoms with van der Waals surface area (Å²) in [7, 11) is 0. The highest BCUT2D eigenvalue weighted by molar-refractivity contribution is 6.09. The number of imidazole rings is 1. The van der Waals surface area contributed by atoms with Crippen molar-refractivity contribution in [2.75, 3.05) is 0 Å². The highest BCUT2D eigenvalue weighted by atomic mass is 16.5. The average molecular weight is 939 g/mol. The van der Waals surface area contributed by atoms with Crippen LogP contribution in [0.5, 0.6) is 11.5 Å². The Labute approximate surface area is 424 Å². The normalized spacial score (nSPS) is 12.3. The van der Waals surface area contributed by atoms with Crippen LogP contribution in [0.4, 0.5) is 0 Å². The standard InChI is InChI=1S/C67H62N4O/c1-65(2,3)43-45-34-35-68-63(36-45)71-59-29-17-16-26-57(59)58-32-31-54(42-61(58)71)72-53-25-18-24-52(41-53)69-44-70(62-39-48(30-33-60(62)69)46-20-12-10-13-21-46)64-55(47-22-14-11-15-23-47)27-19-28-56(64)49-37-50(66(4,5)6)40-51(38-49)67(7,8)9/h10-42H,43H2,1-9H3. The Morgan fingerprint density at radius 3 is 1.83 bits per heavy atom. The van der Waals surface area contributed by atoms with Crippen molar-refractivity contribution in [3.63, 3.8) is 0 Å². The summed E-state index contributed by atoms with van der Waals surface area (Å²) in [6.45, 7) is 20.7. The van der Waals surface area contributed by atoms with E-state index in [-0.39, 0.29) is 16.2 Å². The lowest BCUT2D eigenvalue weighted by atomic mass is 9.78. The number of benzene rings is 8. The fourth-order valence-electron chi connectivity index (χ4n) is 10.2. The van der Waals surface area contributed by atoms with Gasteiger partial charge in [-0.05, 0) is 127 Å². The fourth-order valence-corrected chi connectivity index (χ4v) is 10.2. The zero-order valence-corrected chi connectivity index (χ0v) is 43.0. The van der Waals surface area contributed by atoms with E-state index in [1.54, 1.807) is 0 Å². The molecular weight excluding hydrogens is 877 g/mol. The Morgan fingerprint density at radius 2 is 1.12 bits per heavy atom. The second kappa shape index (κ2) is 18.0. The number of pyridine rings is 1. The average Bonchev–Trinajstić information content (AvgIpc) is 3.91. The van der Waals surface area contributed by atoms with Crippen molar-refractivity contribution < 1.29 is 9.30 Å². The molecule has 0 fully saturated rings. The summed E-state index contributed by atoms with van der Waals surface area (Å²) >= 11 is 0. The minimum absolute atomic E-state index is 0.0561. The van der Waals surface area contributed by atoms with Gasteiger partial charge in [0.25, 0.3) is 6.33 Å². The summed E-state index contributed by atoms with van der Waals surface area (Å²) in [5.74, 6) is 2.36. The lowest BCUT2D eigenvalue weighted by Crippen LogP contribution is -2.31. The molecule has 0 aliphatic carbocycles. The summed E-state index contributed by atoms with van der Waals surface area (Å²) in [4.78, 5) is 4.93. The maximum absolute atomic E-state index is 6.87. The van der Waals surface area contributed by atoms with E-state index >= 15 is 0 Å². The molecule has 0 spiro atoms. The van der Waals surface area contributed by atoms with Gasteiger partial charge in [-0.15, -0.1) is 0 Å². The molecule has 11 rings (SSSR count). The molecule has 0 N–H and O–H groups in total. The molecule has 0 aliphatic rings. The fraction of sp³-hybridized carbons (Fsp3) is 0.194. The van der Waals surface area contributed by atoms with Gasteiger partial charge in [-0.25, -0.2) is 4.98 Å². The first-order chi connectivity index (χ1) is 34.6. The number of rotatable bonds is 9. The first-order valence-electron chi connectivity index (χ1n) is 25.2. The number of ether oxygens (including phenoxy) is 1. The van der Waals surface area contributed by atoms with Crippen molar-refractivity contribution in [2.45, 2.75) is 79.6 Å². The number of nitrogens with zero attached hydrogens (tertiary/aromatic N) is 4. The highest BCUT2D eigenvalue weighted by Gasteiger charge is 2.25. The van der Waals surface area contributed by atoms with Crippen molar-refractivity contribution in [3.8, 4) is 62.1 Å². The van der Waals surface area contributed by atoms with Gasteiger partial charge >= 0.3 is 0 Å². The van der Waals surface area contributed by atoms with E-state index in [4.69, 9.17) is 9.72 Å². The van der Waals surface area contributed by atoms with E-state index in [9.17, 15) is 0 Å². The predicted octanol–water partition coefficient (Wildman–Crippen LogP) is 17.2. The maximum atomic E-state index is 6.87. The van der Waals surface area contributed by atoms with Crippen LogP contribution in [0, 0.1) is 11.7 Å². The van der Waals surface area contributed by atoms with Crippen molar-refractivity contribution in [1.29, 1.82) is 0 Å². The summed E-state index contributed by atoms with van der Waals surface area (Å²) < 4.78 is 13.6. The number of hydrogen-bond donors (Lipinski definition) is 0. The Morgan fingerprint density at radius 1 is 0.486 bits per heavy atom. The molecule has 0 unspecified atom stereocenters. The highest BCUT2D eigenvalue weighted by Crippen LogP contribution is 2.40. The minimum Gasteiger partial charge on any atom is -0.458 e. The van der Waals surface area contributed by atoms with Crippen LogP contribution in [0.3, 0.4) is 0 Å². The molecular formula is C67H62N4O. The molecule has 11 aromatic rings. The van der Waals surface area contributed by atoms with Crippen LogP contribution in [0.25, 0.3) is 83.4 Å². The van der Waals surface area contributed by atoms with Gasteiger partial charge in [0.05, 0.1) is 33.4 Å². The smallest absolute Gasteiger partial charge is 0.269 e. The second-order valence-corrected chi connectivity index (χ2v) is 22.6. The van der Waals surface area contributed by atoms with E-state index < -0.39 is 0 Å². The molecule has 72 heavy (non-hydrogen) atoms. The number of aromatic nitrogens is 4. The molecule has 0 amide bonds. The monoisotopic (exact) mass is 938 g/mol. The van der Waals surface area contributed by atoms with Crippen molar-refractivity contribution in [2.24, 2.45) is 5.41 Å². The lowest BCUT2D eigenvalue weighted by Gasteiger charge is -2.27. The quantitative estimate of drug-likeness (QED) is 0.107. The number of para-hydroxylation sites is 2. The van der Waals surface area contributed by atoms with Gasteiger partial charge in [0.1, 0.15) is 17.3 Å². The Balaban J connectivity index is 1.08. The van der Waals surface area contributed by atoms with Gasteiger partial charge in [-0.2, -0.15) is 0 Å². The van der Waals surface area contributed by atoms with Crippen molar-refractivity contribution >= 4 is 32.8 Å². The van der Waals surface area contributed by atoms with Crippen LogP contribution < -0.4 is 9.30 Å². The van der Waals surface area contributed by atoms with Gasteiger partial charge in [-0.3, -0.25) is 13.7 Å². The molecule has 0 bridgehead atoms. The Kier molecular flexibility index (Phi) is 11.6. The molecule has 0 saturated heterocycles. The summed E-state index contributed by atoms with van der Waals surface area (Å²) in [6.07, 6.45) is 6.84. The Hall–Kier alpha value is -8.02. The van der Waals surface area contributed by atoms with Crippen molar-refractivity contribution in [1.82, 2.24) is 14.1 Å². The van der Waals surface area contributed by atoms with Crippen LogP contribution in [0.1, 0.15) is 79.0 Å². The Bertz CT molecular complexity index is 3770. The van der Waals surface area contributed by atoms with Crippen molar-refractivity contribution in [3.05, 3.63) is 223 Å². The molecule has 3 heterocycles. The molecule has 8 aromatic carbocycles. The van der Waals surface area contributed by atoms with Crippen LogP contribution in [0.15, 0.2) is 200 Å². The third-order valence-electron chi connectivity index (χ3n) is 13.8. The molecule has 0 atom stereocenters. The van der Waals surface area contributed by atoms with Crippen LogP contribution >= 0.6 is 0 Å². The minimum atomic E-state index is -0.0561. The predicted molar refractivity (Wildman–Crippen MR) is 299 cm³/mol. The van der Waals surface area contributed by atoms with Crippen LogP contribution in [-0.4, -0.2) is 14.1 Å². The second-order valence-electron chi connectivity index (χ2n) is 22.6. The first-order valence-corrected chi connectivity index (χ1v) is 25.2. The number of hydrogen-bond acceptors (Lipinski definition) is 2. The first kappa shape index (κ1) is 46.4. The van der Waals surface area contributed by atoms with Crippen LogP contribution in [-0.2, 0) is 17.3 Å². The zero-order chi connectivity index (χ0) is 49.9. The van der Waals surface area contributed by atoms with E-state index in [2.05, 4.69) is 270 Å². The largest absolute Gasteiger partial charge is 0.458 e. The summed E-state index contributed by atoms with van der Waals surface area (Å²) in [6, 6.07) is 69.8. The van der Waals surface area contributed by atoms with E-state index in [1.165, 1.54) is 27.6 Å². The van der Waals surface area contributed by atoms with Crippen LogP contribution in [0.2, 0.25) is 0 Å². The molecule has 0 aliphatic heterocycles. The van der Waals surface area contributed by atoms with Gasteiger partial charge in [0, 0.05) is 23.0 Å². The topological polar surface area (TPSA) is 35.9 Å². The molecule has 356 valence electrons. The summed E-state index contributed by atoms with van der Waals surface area (Å²) in [5, 5.41) is 2.33. The zero-order valence-electron chi connectivity index (χ0n) is 43.0. The third-order valence-corrected chi connectivity index (χ3v) is 13.8. The molecule has 0 radical (unpaired) electrons. The van der Waals surface area contributed by atoms with Gasteiger partial charge in [-0.1, -0.05) is 196 Å². The van der Waals surface area contributed by atoms with Gasteiger partial charge in [0.15, 0.2) is 0 Å².